The number of carbonyl (C=O) groups excluding carboxylic acids is 1. The SMILES string of the molecule is CCOC(=O)[C@]12CN(S(=O)(=O)c3ccc(C)cc3)C=C[C@@]1(c1ccc(Cl)c(Cl)c1)C2. The third kappa shape index (κ3) is 3.13. The average Bonchev–Trinajstić information content (AvgIpc) is 3.42. The van der Waals surface area contributed by atoms with Gasteiger partial charge in [-0.25, -0.2) is 8.42 Å². The van der Waals surface area contributed by atoms with E-state index in [2.05, 4.69) is 0 Å². The van der Waals surface area contributed by atoms with Crippen LogP contribution in [-0.2, 0) is 25.0 Å². The van der Waals surface area contributed by atoms with Crippen LogP contribution in [0.3, 0.4) is 0 Å². The molecule has 2 aromatic rings. The van der Waals surface area contributed by atoms with Crippen molar-refractivity contribution in [3.05, 3.63) is 75.9 Å². The van der Waals surface area contributed by atoms with Crippen LogP contribution in [0, 0.1) is 12.3 Å². The van der Waals surface area contributed by atoms with E-state index in [-0.39, 0.29) is 18.0 Å². The van der Waals surface area contributed by atoms with E-state index in [1.54, 1.807) is 55.6 Å². The van der Waals surface area contributed by atoms with Crippen molar-refractivity contribution < 1.29 is 17.9 Å². The van der Waals surface area contributed by atoms with Gasteiger partial charge in [-0.1, -0.05) is 53.0 Å². The van der Waals surface area contributed by atoms with Gasteiger partial charge in [0.25, 0.3) is 10.0 Å². The Morgan fingerprint density at radius 1 is 1.13 bits per heavy atom. The van der Waals surface area contributed by atoms with Crippen molar-refractivity contribution in [1.29, 1.82) is 0 Å². The molecule has 0 unspecified atom stereocenters. The van der Waals surface area contributed by atoms with E-state index >= 15 is 0 Å². The van der Waals surface area contributed by atoms with Gasteiger partial charge in [-0.2, -0.15) is 0 Å². The number of hydrogen-bond donors (Lipinski definition) is 0. The first-order chi connectivity index (χ1) is 14.2. The first-order valence-corrected chi connectivity index (χ1v) is 11.8. The van der Waals surface area contributed by atoms with Crippen molar-refractivity contribution in [3.8, 4) is 0 Å². The number of aryl methyl sites for hydroxylation is 1. The largest absolute Gasteiger partial charge is 0.465 e. The second kappa shape index (κ2) is 7.29. The summed E-state index contributed by atoms with van der Waals surface area (Å²) in [6.45, 7) is 3.84. The first-order valence-electron chi connectivity index (χ1n) is 9.57. The van der Waals surface area contributed by atoms with Gasteiger partial charge in [0.1, 0.15) is 5.41 Å². The number of benzene rings is 2. The minimum atomic E-state index is -3.80. The summed E-state index contributed by atoms with van der Waals surface area (Å²) < 4.78 is 33.0. The predicted octanol–water partition coefficient (Wildman–Crippen LogP) is 4.71. The molecular weight excluding hydrogens is 445 g/mol. The van der Waals surface area contributed by atoms with Crippen LogP contribution >= 0.6 is 23.2 Å². The van der Waals surface area contributed by atoms with Crippen molar-refractivity contribution in [2.75, 3.05) is 13.2 Å². The zero-order valence-corrected chi connectivity index (χ0v) is 18.9. The maximum Gasteiger partial charge on any atom is 0.315 e. The zero-order valence-electron chi connectivity index (χ0n) is 16.6. The van der Waals surface area contributed by atoms with Crippen molar-refractivity contribution in [1.82, 2.24) is 4.31 Å². The molecule has 0 saturated heterocycles. The van der Waals surface area contributed by atoms with Crippen LogP contribution in [0.15, 0.2) is 59.6 Å². The summed E-state index contributed by atoms with van der Waals surface area (Å²) in [5.74, 6) is -0.412. The van der Waals surface area contributed by atoms with E-state index in [9.17, 15) is 13.2 Å². The van der Waals surface area contributed by atoms with Crippen molar-refractivity contribution in [2.24, 2.45) is 5.41 Å². The molecule has 0 radical (unpaired) electrons. The van der Waals surface area contributed by atoms with Gasteiger partial charge in [0.05, 0.1) is 28.1 Å². The molecule has 158 valence electrons. The van der Waals surface area contributed by atoms with Gasteiger partial charge in [-0.15, -0.1) is 0 Å². The number of nitrogens with zero attached hydrogens (tertiary/aromatic N) is 1. The second-order valence-electron chi connectivity index (χ2n) is 7.76. The summed E-state index contributed by atoms with van der Waals surface area (Å²) in [5, 5.41) is 0.805. The smallest absolute Gasteiger partial charge is 0.315 e. The third-order valence-corrected chi connectivity index (χ3v) is 8.46. The maximum atomic E-state index is 13.2. The zero-order chi connectivity index (χ0) is 21.7. The predicted molar refractivity (Wildman–Crippen MR) is 116 cm³/mol. The number of rotatable bonds is 5. The molecule has 2 aromatic carbocycles. The number of ether oxygens (including phenoxy) is 1. The number of esters is 1. The highest BCUT2D eigenvalue weighted by Crippen LogP contribution is 2.68. The number of halogens is 2. The fourth-order valence-electron chi connectivity index (χ4n) is 4.22. The molecule has 1 fully saturated rings. The molecule has 2 atom stereocenters. The minimum Gasteiger partial charge on any atom is -0.465 e. The molecule has 1 saturated carbocycles. The van der Waals surface area contributed by atoms with Crippen molar-refractivity contribution in [2.45, 2.75) is 30.6 Å². The summed E-state index contributed by atoms with van der Waals surface area (Å²) >= 11 is 12.3. The molecule has 0 N–H and O–H groups in total. The van der Waals surface area contributed by atoms with E-state index in [0.29, 0.717) is 16.5 Å². The topological polar surface area (TPSA) is 63.7 Å². The van der Waals surface area contributed by atoms with E-state index in [1.165, 1.54) is 4.31 Å². The van der Waals surface area contributed by atoms with Crippen LogP contribution in [0.1, 0.15) is 24.5 Å². The van der Waals surface area contributed by atoms with Crippen LogP contribution in [0.2, 0.25) is 10.0 Å². The Morgan fingerprint density at radius 3 is 2.47 bits per heavy atom. The summed E-state index contributed by atoms with van der Waals surface area (Å²) in [4.78, 5) is 13.2. The summed E-state index contributed by atoms with van der Waals surface area (Å²) in [6.07, 6.45) is 3.76. The molecule has 0 spiro atoms. The fraction of sp³-hybridized carbons (Fsp3) is 0.318. The molecular formula is C22H21Cl2NO4S. The second-order valence-corrected chi connectivity index (χ2v) is 10.5. The Morgan fingerprint density at radius 2 is 1.83 bits per heavy atom. The quantitative estimate of drug-likeness (QED) is 0.599. The highest BCUT2D eigenvalue weighted by atomic mass is 35.5. The van der Waals surface area contributed by atoms with Gasteiger partial charge >= 0.3 is 5.97 Å². The molecule has 1 aliphatic carbocycles. The Bertz CT molecular complexity index is 1150. The minimum absolute atomic E-state index is 0.00120. The van der Waals surface area contributed by atoms with Crippen LogP contribution in [-0.4, -0.2) is 31.8 Å². The number of fused-ring (bicyclic) bond motifs is 1. The van der Waals surface area contributed by atoms with E-state index in [4.69, 9.17) is 27.9 Å². The van der Waals surface area contributed by atoms with E-state index < -0.39 is 26.8 Å². The molecule has 4 rings (SSSR count). The molecule has 1 aliphatic heterocycles. The lowest BCUT2D eigenvalue weighted by molar-refractivity contribution is -0.150. The molecule has 0 aromatic heterocycles. The Labute approximate surface area is 186 Å². The first kappa shape index (κ1) is 21.2. The average molecular weight is 466 g/mol. The van der Waals surface area contributed by atoms with Crippen LogP contribution in [0.4, 0.5) is 0 Å². The molecule has 0 bridgehead atoms. The standard InChI is InChI=1S/C22H21Cl2NO4S/c1-3-29-20(26)22-13-21(22,16-6-9-18(23)19(24)12-16)10-11-25(14-22)30(27,28)17-7-4-15(2)5-8-17/h4-12H,3,13-14H2,1-2H3/t21-,22-/m0/s1. The number of carbonyl (C=O) groups is 1. The van der Waals surface area contributed by atoms with Gasteiger partial charge in [-0.3, -0.25) is 9.10 Å². The van der Waals surface area contributed by atoms with Gasteiger partial charge < -0.3 is 4.74 Å². The highest BCUT2D eigenvalue weighted by molar-refractivity contribution is 7.89. The summed E-state index contributed by atoms with van der Waals surface area (Å²) in [5.41, 5.74) is 0.0972. The van der Waals surface area contributed by atoms with Crippen molar-refractivity contribution >= 4 is 39.2 Å². The number of sulfonamides is 1. The molecule has 8 heteroatoms. The third-order valence-electron chi connectivity index (χ3n) is 5.99. The molecule has 5 nitrogen and oxygen atoms in total. The van der Waals surface area contributed by atoms with Gasteiger partial charge in [0.15, 0.2) is 0 Å². The van der Waals surface area contributed by atoms with Crippen molar-refractivity contribution in [3.63, 3.8) is 0 Å². The fourth-order valence-corrected chi connectivity index (χ4v) is 5.88. The van der Waals surface area contributed by atoms with Crippen LogP contribution in [0.25, 0.3) is 0 Å². The van der Waals surface area contributed by atoms with Gasteiger partial charge in [-0.05, 0) is 50.1 Å². The van der Waals surface area contributed by atoms with Crippen LogP contribution < -0.4 is 0 Å². The Kier molecular flexibility index (Phi) is 5.16. The lowest BCUT2D eigenvalue weighted by Crippen LogP contribution is -2.43. The monoisotopic (exact) mass is 465 g/mol. The molecule has 30 heavy (non-hydrogen) atoms. The lowest BCUT2D eigenvalue weighted by atomic mass is 9.84. The molecule has 1 heterocycles. The Balaban J connectivity index is 1.77. The van der Waals surface area contributed by atoms with Gasteiger partial charge in [0, 0.05) is 11.6 Å². The van der Waals surface area contributed by atoms with E-state index in [0.717, 1.165) is 11.1 Å². The summed E-state index contributed by atoms with van der Waals surface area (Å²) in [7, 11) is -3.80. The van der Waals surface area contributed by atoms with E-state index in [1.807, 2.05) is 13.0 Å². The highest BCUT2D eigenvalue weighted by Gasteiger charge is 2.74. The van der Waals surface area contributed by atoms with Gasteiger partial charge in [0.2, 0.25) is 0 Å². The number of allylic oxidation sites excluding steroid dienone is 1. The van der Waals surface area contributed by atoms with Crippen LogP contribution in [0.5, 0.6) is 0 Å². The number of hydrogen-bond acceptors (Lipinski definition) is 4. The summed E-state index contributed by atoms with van der Waals surface area (Å²) in [6, 6.07) is 11.9. The molecule has 2 aliphatic rings. The lowest BCUT2D eigenvalue weighted by Gasteiger charge is -2.33. The maximum absolute atomic E-state index is 13.2. The Hall–Kier alpha value is -2.02. The normalized spacial score (nSPS) is 25.0. The molecule has 0 amide bonds.